The Morgan fingerprint density at radius 2 is 1.50 bits per heavy atom. The molecule has 0 saturated carbocycles. The lowest BCUT2D eigenvalue weighted by atomic mass is 9.99. The van der Waals surface area contributed by atoms with Crippen molar-refractivity contribution in [3.8, 4) is 0 Å². The van der Waals surface area contributed by atoms with Gasteiger partial charge in [0.25, 0.3) is 0 Å². The van der Waals surface area contributed by atoms with E-state index in [1.807, 2.05) is 0 Å². The zero-order valence-electron chi connectivity index (χ0n) is 10.4. The molecule has 3 rings (SSSR count). The van der Waals surface area contributed by atoms with Crippen molar-refractivity contribution in [2.24, 2.45) is 0 Å². The van der Waals surface area contributed by atoms with Crippen molar-refractivity contribution in [2.75, 3.05) is 0 Å². The summed E-state index contributed by atoms with van der Waals surface area (Å²) in [6, 6.07) is 17.8. The molecule has 0 N–H and O–H groups in total. The molecule has 0 aromatic heterocycles. The molecule has 3 aromatic rings. The standard InChI is InChI=1S/C17H15Br/c1-2-3-12-4-8-16-13(10-12)5-6-14-11-15(18)7-9-17(14)16/h4-11H,2-3H2,1H3. The van der Waals surface area contributed by atoms with Gasteiger partial charge in [-0.3, -0.25) is 0 Å². The van der Waals surface area contributed by atoms with Gasteiger partial charge in [-0.1, -0.05) is 65.7 Å². The molecule has 0 amide bonds. The summed E-state index contributed by atoms with van der Waals surface area (Å²) in [7, 11) is 0. The maximum Gasteiger partial charge on any atom is 0.0181 e. The van der Waals surface area contributed by atoms with E-state index in [1.54, 1.807) is 0 Å². The molecule has 3 aromatic carbocycles. The van der Waals surface area contributed by atoms with Gasteiger partial charge in [0, 0.05) is 4.47 Å². The number of benzene rings is 3. The minimum absolute atomic E-state index is 1.14. The Morgan fingerprint density at radius 1 is 0.833 bits per heavy atom. The molecule has 0 atom stereocenters. The van der Waals surface area contributed by atoms with Crippen LogP contribution in [0.1, 0.15) is 18.9 Å². The van der Waals surface area contributed by atoms with E-state index in [9.17, 15) is 0 Å². The highest BCUT2D eigenvalue weighted by Gasteiger charge is 2.02. The molecule has 0 aliphatic rings. The predicted molar refractivity (Wildman–Crippen MR) is 83.1 cm³/mol. The van der Waals surface area contributed by atoms with Gasteiger partial charge in [-0.05, 0) is 45.7 Å². The average molecular weight is 299 g/mol. The van der Waals surface area contributed by atoms with Crippen molar-refractivity contribution in [3.05, 3.63) is 58.6 Å². The Bertz CT molecular complexity index is 713. The van der Waals surface area contributed by atoms with Gasteiger partial charge < -0.3 is 0 Å². The summed E-state index contributed by atoms with van der Waals surface area (Å²) in [4.78, 5) is 0. The van der Waals surface area contributed by atoms with Crippen LogP contribution in [-0.2, 0) is 6.42 Å². The number of halogens is 1. The van der Waals surface area contributed by atoms with Crippen molar-refractivity contribution in [2.45, 2.75) is 19.8 Å². The largest absolute Gasteiger partial charge is 0.0651 e. The molecule has 0 bridgehead atoms. The molecule has 0 saturated heterocycles. The predicted octanol–water partition coefficient (Wildman–Crippen LogP) is 5.71. The molecule has 0 unspecified atom stereocenters. The summed E-state index contributed by atoms with van der Waals surface area (Å²) in [6.07, 6.45) is 2.36. The van der Waals surface area contributed by atoms with Crippen LogP contribution < -0.4 is 0 Å². The second-order valence-corrected chi connectivity index (χ2v) is 5.65. The first kappa shape index (κ1) is 11.7. The van der Waals surface area contributed by atoms with Crippen LogP contribution >= 0.6 is 15.9 Å². The fraction of sp³-hybridized carbons (Fsp3) is 0.176. The zero-order chi connectivity index (χ0) is 12.5. The van der Waals surface area contributed by atoms with E-state index in [0.29, 0.717) is 0 Å². The molecule has 18 heavy (non-hydrogen) atoms. The van der Waals surface area contributed by atoms with Crippen LogP contribution in [0.3, 0.4) is 0 Å². The van der Waals surface area contributed by atoms with E-state index in [-0.39, 0.29) is 0 Å². The highest BCUT2D eigenvalue weighted by Crippen LogP contribution is 2.28. The van der Waals surface area contributed by atoms with Gasteiger partial charge in [0.1, 0.15) is 0 Å². The Balaban J connectivity index is 2.28. The van der Waals surface area contributed by atoms with Gasteiger partial charge in [0.2, 0.25) is 0 Å². The van der Waals surface area contributed by atoms with E-state index in [1.165, 1.54) is 33.5 Å². The van der Waals surface area contributed by atoms with Crippen LogP contribution in [0, 0.1) is 0 Å². The summed E-state index contributed by atoms with van der Waals surface area (Å²) < 4.78 is 1.14. The lowest BCUT2D eigenvalue weighted by molar-refractivity contribution is 0.924. The minimum atomic E-state index is 1.14. The van der Waals surface area contributed by atoms with Gasteiger partial charge in [-0.25, -0.2) is 0 Å². The van der Waals surface area contributed by atoms with E-state index in [4.69, 9.17) is 0 Å². The maximum atomic E-state index is 3.53. The third kappa shape index (κ3) is 2.04. The van der Waals surface area contributed by atoms with Gasteiger partial charge in [-0.15, -0.1) is 0 Å². The minimum Gasteiger partial charge on any atom is -0.0651 e. The van der Waals surface area contributed by atoms with Gasteiger partial charge in [-0.2, -0.15) is 0 Å². The van der Waals surface area contributed by atoms with Crippen molar-refractivity contribution < 1.29 is 0 Å². The van der Waals surface area contributed by atoms with E-state index < -0.39 is 0 Å². The first-order chi connectivity index (χ1) is 8.78. The topological polar surface area (TPSA) is 0 Å². The van der Waals surface area contributed by atoms with Gasteiger partial charge in [0.05, 0.1) is 0 Å². The molecule has 0 aliphatic heterocycles. The molecule has 90 valence electrons. The summed E-state index contributed by atoms with van der Waals surface area (Å²) >= 11 is 3.53. The summed E-state index contributed by atoms with van der Waals surface area (Å²) in [5.41, 5.74) is 1.43. The number of fused-ring (bicyclic) bond motifs is 3. The van der Waals surface area contributed by atoms with Crippen molar-refractivity contribution in [1.29, 1.82) is 0 Å². The SMILES string of the molecule is CCCc1ccc2c(ccc3cc(Br)ccc32)c1. The highest BCUT2D eigenvalue weighted by molar-refractivity contribution is 9.10. The van der Waals surface area contributed by atoms with Crippen LogP contribution in [0.25, 0.3) is 21.5 Å². The number of hydrogen-bond donors (Lipinski definition) is 0. The molecular formula is C17H15Br. The molecule has 0 nitrogen and oxygen atoms in total. The van der Waals surface area contributed by atoms with Crippen molar-refractivity contribution in [1.82, 2.24) is 0 Å². The number of hydrogen-bond acceptors (Lipinski definition) is 0. The molecule has 0 fully saturated rings. The third-order valence-corrected chi connectivity index (χ3v) is 3.89. The zero-order valence-corrected chi connectivity index (χ0v) is 12.0. The van der Waals surface area contributed by atoms with Crippen LogP contribution in [0.4, 0.5) is 0 Å². The molecule has 0 heterocycles. The first-order valence-corrected chi connectivity index (χ1v) is 7.18. The lowest BCUT2D eigenvalue weighted by Crippen LogP contribution is -1.84. The maximum absolute atomic E-state index is 3.53. The second-order valence-electron chi connectivity index (χ2n) is 4.74. The molecule has 0 aliphatic carbocycles. The van der Waals surface area contributed by atoms with Gasteiger partial charge >= 0.3 is 0 Å². The smallest absolute Gasteiger partial charge is 0.0181 e. The monoisotopic (exact) mass is 298 g/mol. The second kappa shape index (κ2) is 4.74. The fourth-order valence-electron chi connectivity index (χ4n) is 2.54. The normalized spacial score (nSPS) is 11.2. The van der Waals surface area contributed by atoms with Crippen LogP contribution in [0.5, 0.6) is 0 Å². The molecule has 1 heteroatoms. The Morgan fingerprint density at radius 3 is 2.22 bits per heavy atom. The Kier molecular flexibility index (Phi) is 3.09. The third-order valence-electron chi connectivity index (χ3n) is 3.40. The summed E-state index contributed by atoms with van der Waals surface area (Å²) in [5.74, 6) is 0. The first-order valence-electron chi connectivity index (χ1n) is 6.39. The van der Waals surface area contributed by atoms with Crippen LogP contribution in [0.2, 0.25) is 0 Å². The van der Waals surface area contributed by atoms with Crippen molar-refractivity contribution >= 4 is 37.5 Å². The lowest BCUT2D eigenvalue weighted by Gasteiger charge is -2.06. The van der Waals surface area contributed by atoms with Crippen molar-refractivity contribution in [3.63, 3.8) is 0 Å². The Labute approximate surface area is 116 Å². The molecule has 0 radical (unpaired) electrons. The molecule has 0 spiro atoms. The average Bonchev–Trinajstić information content (AvgIpc) is 2.38. The Hall–Kier alpha value is -1.34. The van der Waals surface area contributed by atoms with E-state index in [0.717, 1.165) is 10.9 Å². The fourth-order valence-corrected chi connectivity index (χ4v) is 2.91. The highest BCUT2D eigenvalue weighted by atomic mass is 79.9. The number of aryl methyl sites for hydroxylation is 1. The van der Waals surface area contributed by atoms with Crippen LogP contribution in [-0.4, -0.2) is 0 Å². The number of rotatable bonds is 2. The molecular weight excluding hydrogens is 284 g/mol. The summed E-state index contributed by atoms with van der Waals surface area (Å²) in [6.45, 7) is 2.22. The van der Waals surface area contributed by atoms with Crippen LogP contribution in [0.15, 0.2) is 53.0 Å². The van der Waals surface area contributed by atoms with E-state index in [2.05, 4.69) is 71.4 Å². The van der Waals surface area contributed by atoms with Gasteiger partial charge in [0.15, 0.2) is 0 Å². The quantitative estimate of drug-likeness (QED) is 0.532. The van der Waals surface area contributed by atoms with E-state index >= 15 is 0 Å². The summed E-state index contributed by atoms with van der Waals surface area (Å²) in [5, 5.41) is 5.31.